The molecule has 3 heterocycles. The molecule has 3 aliphatic heterocycles. The minimum atomic E-state index is -0.213. The molecule has 0 aromatic heterocycles. The van der Waals surface area contributed by atoms with Crippen LogP contribution in [-0.4, -0.2) is 79.6 Å². The van der Waals surface area contributed by atoms with Crippen LogP contribution < -0.4 is 0 Å². The Labute approximate surface area is 132 Å². The van der Waals surface area contributed by atoms with Gasteiger partial charge in [0.25, 0.3) is 0 Å². The number of hydrogen-bond donors (Lipinski definition) is 0. The minimum Gasteiger partial charge on any atom is -0.383 e. The Morgan fingerprint density at radius 2 is 1.64 bits per heavy atom. The van der Waals surface area contributed by atoms with E-state index < -0.39 is 0 Å². The molecule has 3 fully saturated rings. The van der Waals surface area contributed by atoms with Crippen molar-refractivity contribution in [1.29, 1.82) is 0 Å². The first-order chi connectivity index (χ1) is 10.7. The van der Waals surface area contributed by atoms with Gasteiger partial charge >= 0.3 is 6.03 Å². The zero-order chi connectivity index (χ0) is 15.6. The van der Waals surface area contributed by atoms with Gasteiger partial charge in [0.2, 0.25) is 5.91 Å². The van der Waals surface area contributed by atoms with Crippen LogP contribution in [0.3, 0.4) is 0 Å². The second kappa shape index (κ2) is 6.44. The van der Waals surface area contributed by atoms with Crippen LogP contribution in [0.5, 0.6) is 0 Å². The van der Waals surface area contributed by atoms with Crippen LogP contribution in [-0.2, 0) is 9.53 Å². The summed E-state index contributed by atoms with van der Waals surface area (Å²) >= 11 is 0. The molecule has 124 valence electrons. The van der Waals surface area contributed by atoms with Crippen LogP contribution >= 0.6 is 0 Å². The van der Waals surface area contributed by atoms with E-state index in [0.29, 0.717) is 13.2 Å². The highest BCUT2D eigenvalue weighted by molar-refractivity contribution is 5.85. The first-order valence-electron chi connectivity index (χ1n) is 8.48. The summed E-state index contributed by atoms with van der Waals surface area (Å²) in [5, 5.41) is 0. The number of hydrogen-bond acceptors (Lipinski definition) is 3. The molecule has 3 amide bonds. The average molecular weight is 309 g/mol. The van der Waals surface area contributed by atoms with Gasteiger partial charge in [-0.05, 0) is 32.1 Å². The molecule has 0 radical (unpaired) electrons. The number of urea groups is 1. The Morgan fingerprint density at radius 1 is 1.05 bits per heavy atom. The third-order valence-electron chi connectivity index (χ3n) is 5.53. The molecular formula is C16H27N3O3. The molecule has 3 rings (SSSR count). The Balaban J connectivity index is 1.55. The Bertz CT molecular complexity index is 426. The highest BCUT2D eigenvalue weighted by atomic mass is 16.5. The maximum Gasteiger partial charge on any atom is 0.319 e. The summed E-state index contributed by atoms with van der Waals surface area (Å²) in [7, 11) is 1.67. The van der Waals surface area contributed by atoms with Crippen molar-refractivity contribution in [2.24, 2.45) is 5.41 Å². The van der Waals surface area contributed by atoms with Gasteiger partial charge in [-0.3, -0.25) is 4.79 Å². The first-order valence-corrected chi connectivity index (χ1v) is 8.48. The van der Waals surface area contributed by atoms with Crippen LogP contribution in [0.25, 0.3) is 0 Å². The number of amides is 3. The van der Waals surface area contributed by atoms with Gasteiger partial charge in [-0.15, -0.1) is 0 Å². The van der Waals surface area contributed by atoms with E-state index in [1.807, 2.05) is 14.7 Å². The smallest absolute Gasteiger partial charge is 0.319 e. The van der Waals surface area contributed by atoms with Gasteiger partial charge < -0.3 is 19.4 Å². The van der Waals surface area contributed by atoms with E-state index in [4.69, 9.17) is 4.74 Å². The van der Waals surface area contributed by atoms with Gasteiger partial charge in [0, 0.05) is 46.4 Å². The molecule has 0 aromatic rings. The van der Waals surface area contributed by atoms with Gasteiger partial charge in [0.05, 0.1) is 12.0 Å². The monoisotopic (exact) mass is 309 g/mol. The lowest BCUT2D eigenvalue weighted by Crippen LogP contribution is -2.50. The fraction of sp³-hybridized carbons (Fsp3) is 0.875. The normalized spacial score (nSPS) is 24.6. The van der Waals surface area contributed by atoms with Crippen LogP contribution in [0.15, 0.2) is 0 Å². The van der Waals surface area contributed by atoms with E-state index in [9.17, 15) is 9.59 Å². The number of ether oxygens (including phenoxy) is 1. The van der Waals surface area contributed by atoms with Crippen LogP contribution in [0.1, 0.15) is 32.1 Å². The van der Waals surface area contributed by atoms with E-state index in [0.717, 1.165) is 64.8 Å². The lowest BCUT2D eigenvalue weighted by Gasteiger charge is -2.39. The molecule has 0 bridgehead atoms. The topological polar surface area (TPSA) is 53.1 Å². The van der Waals surface area contributed by atoms with Gasteiger partial charge in [-0.2, -0.15) is 0 Å². The van der Waals surface area contributed by atoms with Gasteiger partial charge in [0.15, 0.2) is 0 Å². The molecule has 6 nitrogen and oxygen atoms in total. The van der Waals surface area contributed by atoms with Crippen molar-refractivity contribution >= 4 is 11.9 Å². The number of nitrogens with zero attached hydrogens (tertiary/aromatic N) is 3. The molecule has 0 aliphatic carbocycles. The SMILES string of the molecule is COCCN1CCC2(CCN(C(=O)N3CCCC3)CC2)C1=O. The van der Waals surface area contributed by atoms with E-state index in [1.54, 1.807) is 7.11 Å². The third kappa shape index (κ3) is 2.81. The largest absolute Gasteiger partial charge is 0.383 e. The van der Waals surface area contributed by atoms with Gasteiger partial charge in [-0.25, -0.2) is 4.79 Å². The molecule has 6 heteroatoms. The number of carbonyl (C=O) groups is 2. The maximum absolute atomic E-state index is 12.7. The Hall–Kier alpha value is -1.30. The van der Waals surface area contributed by atoms with Crippen molar-refractivity contribution in [1.82, 2.24) is 14.7 Å². The summed E-state index contributed by atoms with van der Waals surface area (Å²) in [6.07, 6.45) is 4.80. The summed E-state index contributed by atoms with van der Waals surface area (Å²) in [4.78, 5) is 30.9. The van der Waals surface area contributed by atoms with Crippen LogP contribution in [0, 0.1) is 5.41 Å². The fourth-order valence-corrected chi connectivity index (χ4v) is 4.01. The zero-order valence-corrected chi connectivity index (χ0v) is 13.6. The number of likely N-dealkylation sites (tertiary alicyclic amines) is 3. The van der Waals surface area contributed by atoms with Gasteiger partial charge in [0.1, 0.15) is 0 Å². The summed E-state index contributed by atoms with van der Waals surface area (Å²) < 4.78 is 5.08. The van der Waals surface area contributed by atoms with Gasteiger partial charge in [-0.1, -0.05) is 0 Å². The van der Waals surface area contributed by atoms with Crippen molar-refractivity contribution in [3.63, 3.8) is 0 Å². The van der Waals surface area contributed by atoms with Crippen LogP contribution in [0.4, 0.5) is 4.79 Å². The molecule has 0 saturated carbocycles. The van der Waals surface area contributed by atoms with Crippen molar-refractivity contribution in [2.45, 2.75) is 32.1 Å². The molecular weight excluding hydrogens is 282 g/mol. The lowest BCUT2D eigenvalue weighted by atomic mass is 9.77. The zero-order valence-electron chi connectivity index (χ0n) is 13.6. The molecule has 0 N–H and O–H groups in total. The molecule has 22 heavy (non-hydrogen) atoms. The predicted molar refractivity (Wildman–Crippen MR) is 82.5 cm³/mol. The molecule has 0 atom stereocenters. The highest BCUT2D eigenvalue weighted by Crippen LogP contribution is 2.41. The second-order valence-corrected chi connectivity index (χ2v) is 6.78. The van der Waals surface area contributed by atoms with E-state index in [1.165, 1.54) is 0 Å². The lowest BCUT2D eigenvalue weighted by molar-refractivity contribution is -0.138. The third-order valence-corrected chi connectivity index (χ3v) is 5.53. The Kier molecular flexibility index (Phi) is 4.57. The predicted octanol–water partition coefficient (Wildman–Crippen LogP) is 1.16. The van der Waals surface area contributed by atoms with Crippen molar-refractivity contribution in [3.05, 3.63) is 0 Å². The second-order valence-electron chi connectivity index (χ2n) is 6.78. The number of piperidine rings is 1. The van der Waals surface area contributed by atoms with Crippen molar-refractivity contribution in [2.75, 3.05) is 53.0 Å². The highest BCUT2D eigenvalue weighted by Gasteiger charge is 2.48. The van der Waals surface area contributed by atoms with E-state index in [2.05, 4.69) is 0 Å². The maximum atomic E-state index is 12.7. The minimum absolute atomic E-state index is 0.175. The van der Waals surface area contributed by atoms with Crippen LogP contribution in [0.2, 0.25) is 0 Å². The molecule has 3 aliphatic rings. The Morgan fingerprint density at radius 3 is 2.27 bits per heavy atom. The summed E-state index contributed by atoms with van der Waals surface area (Å²) in [5.74, 6) is 0.276. The molecule has 0 unspecified atom stereocenters. The fourth-order valence-electron chi connectivity index (χ4n) is 4.01. The first kappa shape index (κ1) is 15.6. The number of rotatable bonds is 3. The summed E-state index contributed by atoms with van der Waals surface area (Å²) in [5.41, 5.74) is -0.213. The molecule has 0 aromatic carbocycles. The van der Waals surface area contributed by atoms with Crippen molar-refractivity contribution < 1.29 is 14.3 Å². The average Bonchev–Trinajstić information content (AvgIpc) is 3.17. The number of methoxy groups -OCH3 is 1. The molecule has 1 spiro atoms. The standard InChI is InChI=1S/C16H27N3O3/c1-22-13-12-17-9-4-16(14(17)20)5-10-19(11-6-16)15(21)18-7-2-3-8-18/h2-13H2,1H3. The van der Waals surface area contributed by atoms with E-state index >= 15 is 0 Å². The number of carbonyl (C=O) groups excluding carboxylic acids is 2. The summed E-state index contributed by atoms with van der Waals surface area (Å²) in [6, 6.07) is 0.175. The van der Waals surface area contributed by atoms with E-state index in [-0.39, 0.29) is 17.4 Å². The molecule has 3 saturated heterocycles. The van der Waals surface area contributed by atoms with Crippen molar-refractivity contribution in [3.8, 4) is 0 Å². The quantitative estimate of drug-likeness (QED) is 0.786. The summed E-state index contributed by atoms with van der Waals surface area (Å²) in [6.45, 7) is 5.35.